The summed E-state index contributed by atoms with van der Waals surface area (Å²) in [7, 11) is 4.27. The van der Waals surface area contributed by atoms with Gasteiger partial charge in [0, 0.05) is 41.8 Å². The van der Waals surface area contributed by atoms with Crippen molar-refractivity contribution in [1.82, 2.24) is 0 Å². The fourth-order valence-corrected chi connectivity index (χ4v) is 5.57. The molecule has 0 unspecified atom stereocenters. The van der Waals surface area contributed by atoms with Crippen LogP contribution in [0.5, 0.6) is 0 Å². The molecule has 0 aliphatic carbocycles. The van der Waals surface area contributed by atoms with Gasteiger partial charge in [0.1, 0.15) is 14.1 Å². The van der Waals surface area contributed by atoms with Crippen LogP contribution in [-0.2, 0) is 26.9 Å². The van der Waals surface area contributed by atoms with E-state index in [0.717, 1.165) is 12.8 Å². The SMILES string of the molecule is Cc1ccc(-c2ccc(CC(C)C)cc2)cc1-c1cccc[n+]1C.Cc1ccccc1-c1cccc(CC(C)C)[n+]1C. The molecule has 0 fully saturated rings. The minimum absolute atomic E-state index is 0.684. The predicted molar refractivity (Wildman–Crippen MR) is 178 cm³/mol. The highest BCUT2D eigenvalue weighted by Gasteiger charge is 2.16. The van der Waals surface area contributed by atoms with Gasteiger partial charge in [-0.3, -0.25) is 0 Å². The molecule has 2 heteroatoms. The van der Waals surface area contributed by atoms with Gasteiger partial charge in [0.05, 0.1) is 0 Å². The Balaban J connectivity index is 0.000000201. The van der Waals surface area contributed by atoms with Crippen LogP contribution >= 0.6 is 0 Å². The van der Waals surface area contributed by atoms with Crippen molar-refractivity contribution >= 4 is 0 Å². The van der Waals surface area contributed by atoms with Crippen molar-refractivity contribution in [1.29, 1.82) is 0 Å². The first-order valence-corrected chi connectivity index (χ1v) is 15.3. The third-order valence-corrected chi connectivity index (χ3v) is 7.87. The Morgan fingerprint density at radius 3 is 1.83 bits per heavy atom. The number of benzene rings is 3. The molecule has 0 aliphatic rings. The van der Waals surface area contributed by atoms with Crippen LogP contribution in [0.4, 0.5) is 0 Å². The molecule has 0 saturated heterocycles. The molecular weight excluding hydrogens is 508 g/mol. The molecule has 2 heterocycles. The molecule has 0 aliphatic heterocycles. The first kappa shape index (κ1) is 30.9. The third-order valence-electron chi connectivity index (χ3n) is 7.87. The van der Waals surface area contributed by atoms with Crippen LogP contribution in [-0.4, -0.2) is 0 Å². The second-order valence-corrected chi connectivity index (χ2v) is 12.4. The van der Waals surface area contributed by atoms with Crippen molar-refractivity contribution in [3.8, 4) is 33.6 Å². The van der Waals surface area contributed by atoms with E-state index >= 15 is 0 Å². The molecule has 0 radical (unpaired) electrons. The number of nitrogens with zero attached hydrogens (tertiary/aromatic N) is 2. The van der Waals surface area contributed by atoms with E-state index in [1.807, 2.05) is 0 Å². The molecular formula is C40H48N2+2. The third kappa shape index (κ3) is 7.82. The fourth-order valence-electron chi connectivity index (χ4n) is 5.57. The maximum Gasteiger partial charge on any atom is 0.212 e. The van der Waals surface area contributed by atoms with Crippen molar-refractivity contribution in [3.63, 3.8) is 0 Å². The maximum atomic E-state index is 2.32. The molecule has 5 rings (SSSR count). The normalized spacial score (nSPS) is 11.0. The van der Waals surface area contributed by atoms with Crippen LogP contribution in [0.15, 0.2) is 109 Å². The van der Waals surface area contributed by atoms with E-state index in [2.05, 4.69) is 174 Å². The number of hydrogen-bond donors (Lipinski definition) is 0. The number of aromatic nitrogens is 2. The molecule has 2 nitrogen and oxygen atoms in total. The van der Waals surface area contributed by atoms with Gasteiger partial charge in [0.15, 0.2) is 11.9 Å². The molecule has 5 aromatic rings. The van der Waals surface area contributed by atoms with Crippen LogP contribution in [0.25, 0.3) is 33.6 Å². The molecule has 0 spiro atoms. The number of pyridine rings is 2. The Morgan fingerprint density at radius 1 is 0.548 bits per heavy atom. The molecule has 2 aromatic heterocycles. The van der Waals surface area contributed by atoms with Crippen molar-refractivity contribution in [2.45, 2.75) is 54.4 Å². The number of hydrogen-bond acceptors (Lipinski definition) is 0. The molecule has 3 aromatic carbocycles. The second kappa shape index (κ2) is 14.2. The zero-order valence-corrected chi connectivity index (χ0v) is 26.9. The van der Waals surface area contributed by atoms with Gasteiger partial charge in [0.25, 0.3) is 0 Å². The summed E-state index contributed by atoms with van der Waals surface area (Å²) >= 11 is 0. The van der Waals surface area contributed by atoms with Crippen molar-refractivity contribution in [2.24, 2.45) is 25.9 Å². The smallest absolute Gasteiger partial charge is 0.201 e. The van der Waals surface area contributed by atoms with Gasteiger partial charge in [-0.2, -0.15) is 4.57 Å². The summed E-state index contributed by atoms with van der Waals surface area (Å²) in [6.07, 6.45) is 4.36. The molecule has 0 atom stereocenters. The zero-order chi connectivity index (χ0) is 30.2. The van der Waals surface area contributed by atoms with E-state index in [1.54, 1.807) is 0 Å². The van der Waals surface area contributed by atoms with Crippen LogP contribution in [0.1, 0.15) is 50.1 Å². The highest BCUT2D eigenvalue weighted by molar-refractivity contribution is 5.73. The van der Waals surface area contributed by atoms with E-state index in [1.165, 1.54) is 56.0 Å². The summed E-state index contributed by atoms with van der Waals surface area (Å²) in [5.74, 6) is 1.38. The lowest BCUT2D eigenvalue weighted by Crippen LogP contribution is -2.36. The Labute approximate surface area is 254 Å². The van der Waals surface area contributed by atoms with E-state index < -0.39 is 0 Å². The average Bonchev–Trinajstić information content (AvgIpc) is 2.96. The zero-order valence-electron chi connectivity index (χ0n) is 26.9. The van der Waals surface area contributed by atoms with Gasteiger partial charge in [-0.05, 0) is 84.2 Å². The molecule has 0 saturated carbocycles. The van der Waals surface area contributed by atoms with E-state index in [0.29, 0.717) is 11.8 Å². The lowest BCUT2D eigenvalue weighted by Gasteiger charge is -2.10. The van der Waals surface area contributed by atoms with E-state index in [-0.39, 0.29) is 0 Å². The summed E-state index contributed by atoms with van der Waals surface area (Å²) < 4.78 is 4.50. The van der Waals surface area contributed by atoms with Crippen molar-refractivity contribution < 1.29 is 9.13 Å². The summed E-state index contributed by atoms with van der Waals surface area (Å²) in [5, 5.41) is 0. The van der Waals surface area contributed by atoms with Crippen LogP contribution < -0.4 is 9.13 Å². The maximum absolute atomic E-state index is 2.32. The highest BCUT2D eigenvalue weighted by atomic mass is 14.9. The van der Waals surface area contributed by atoms with Gasteiger partial charge in [0.2, 0.25) is 11.4 Å². The van der Waals surface area contributed by atoms with Gasteiger partial charge in [-0.15, -0.1) is 0 Å². The summed E-state index contributed by atoms with van der Waals surface area (Å²) in [6, 6.07) is 37.3. The summed E-state index contributed by atoms with van der Waals surface area (Å²) in [5.41, 5.74) is 13.2. The van der Waals surface area contributed by atoms with Gasteiger partial charge >= 0.3 is 0 Å². The standard InChI is InChI=1S/C23H26N.C17H22N/c1-17(2)15-19-9-12-20(13-10-19)21-11-8-18(3)22(16-21)23-7-5-6-14-24(23)4;1-13(2)12-15-9-7-11-17(18(15)4)16-10-6-5-8-14(16)3/h5-14,16-17H,15H2,1-4H3;5-11,13H,12H2,1-4H3/q2*+1. The second-order valence-electron chi connectivity index (χ2n) is 12.4. The number of rotatable bonds is 7. The van der Waals surface area contributed by atoms with Crippen LogP contribution in [0.3, 0.4) is 0 Å². The van der Waals surface area contributed by atoms with Crippen LogP contribution in [0.2, 0.25) is 0 Å². The van der Waals surface area contributed by atoms with E-state index in [4.69, 9.17) is 0 Å². The average molecular weight is 557 g/mol. The lowest BCUT2D eigenvalue weighted by molar-refractivity contribution is -0.668. The predicted octanol–water partition coefficient (Wildman–Crippen LogP) is 9.04. The van der Waals surface area contributed by atoms with Gasteiger partial charge in [-0.25, -0.2) is 4.57 Å². The monoisotopic (exact) mass is 556 g/mol. The van der Waals surface area contributed by atoms with Crippen molar-refractivity contribution in [2.75, 3.05) is 0 Å². The molecule has 42 heavy (non-hydrogen) atoms. The molecule has 0 amide bonds. The Bertz CT molecular complexity index is 1610. The van der Waals surface area contributed by atoms with Gasteiger partial charge in [-0.1, -0.05) is 82.3 Å². The number of aryl methyl sites for hydroxylation is 3. The summed E-state index contributed by atoms with van der Waals surface area (Å²) in [4.78, 5) is 0. The first-order valence-electron chi connectivity index (χ1n) is 15.3. The quantitative estimate of drug-likeness (QED) is 0.177. The Hall–Kier alpha value is -4.04. The highest BCUT2D eigenvalue weighted by Crippen LogP contribution is 2.28. The first-order chi connectivity index (χ1) is 20.1. The largest absolute Gasteiger partial charge is 0.212 e. The van der Waals surface area contributed by atoms with Crippen molar-refractivity contribution in [3.05, 3.63) is 132 Å². The Morgan fingerprint density at radius 2 is 1.17 bits per heavy atom. The van der Waals surface area contributed by atoms with E-state index in [9.17, 15) is 0 Å². The van der Waals surface area contributed by atoms with Gasteiger partial charge < -0.3 is 0 Å². The molecule has 0 bridgehead atoms. The van der Waals surface area contributed by atoms with Crippen LogP contribution in [0, 0.1) is 25.7 Å². The molecule has 216 valence electrons. The minimum Gasteiger partial charge on any atom is -0.201 e. The lowest BCUT2D eigenvalue weighted by atomic mass is 9.95. The summed E-state index contributed by atoms with van der Waals surface area (Å²) in [6.45, 7) is 13.4. The molecule has 0 N–H and O–H groups in total. The minimum atomic E-state index is 0.684. The Kier molecular flexibility index (Phi) is 10.5. The topological polar surface area (TPSA) is 7.76 Å². The fraction of sp³-hybridized carbons (Fsp3) is 0.300.